The fourth-order valence-corrected chi connectivity index (χ4v) is 2.16. The maximum absolute atomic E-state index is 11.6. The highest BCUT2D eigenvalue weighted by Crippen LogP contribution is 2.26. The van der Waals surface area contributed by atoms with Gasteiger partial charge in [-0.2, -0.15) is 0 Å². The van der Waals surface area contributed by atoms with Crippen molar-refractivity contribution in [1.82, 2.24) is 9.97 Å². The fraction of sp³-hybridized carbons (Fsp3) is 0.143. The number of nitrogens with two attached hydrogens (primary N) is 2. The maximum Gasteiger partial charge on any atom is 0.249 e. The number of primary amides is 1. The van der Waals surface area contributed by atoms with E-state index in [9.17, 15) is 4.79 Å². The number of aryl methyl sites for hydroxylation is 2. The van der Waals surface area contributed by atoms with Gasteiger partial charge >= 0.3 is 0 Å². The standard InChI is InChI=1S/C14H15N5OS/c1-7-5-12(18-8(2)17-7)11-6-9(19-14(16)21)3-4-10(11)13(15)20/h3-6H,1-2H3,(H2,15,20)(H3,16,19,21). The van der Waals surface area contributed by atoms with Gasteiger partial charge in [-0.1, -0.05) is 0 Å². The monoisotopic (exact) mass is 301 g/mol. The van der Waals surface area contributed by atoms with Gasteiger partial charge < -0.3 is 16.8 Å². The lowest BCUT2D eigenvalue weighted by atomic mass is 10.0. The van der Waals surface area contributed by atoms with Gasteiger partial charge in [0.25, 0.3) is 0 Å². The molecule has 1 aromatic heterocycles. The van der Waals surface area contributed by atoms with E-state index in [4.69, 9.17) is 23.7 Å². The summed E-state index contributed by atoms with van der Waals surface area (Å²) in [5.74, 6) is 0.0916. The number of carbonyl (C=O) groups excluding carboxylic acids is 1. The van der Waals surface area contributed by atoms with Crippen LogP contribution in [-0.2, 0) is 0 Å². The first-order valence-electron chi connectivity index (χ1n) is 6.20. The Labute approximate surface area is 127 Å². The lowest BCUT2D eigenvalue weighted by molar-refractivity contribution is 0.100. The SMILES string of the molecule is Cc1cc(-c2cc(NC(N)=S)ccc2C(N)=O)nc(C)n1. The van der Waals surface area contributed by atoms with Gasteiger partial charge in [-0.05, 0) is 50.3 Å². The molecule has 0 aliphatic rings. The van der Waals surface area contributed by atoms with E-state index >= 15 is 0 Å². The van der Waals surface area contributed by atoms with E-state index < -0.39 is 5.91 Å². The summed E-state index contributed by atoms with van der Waals surface area (Å²) in [6.45, 7) is 3.65. The van der Waals surface area contributed by atoms with Crippen LogP contribution in [0.5, 0.6) is 0 Å². The topological polar surface area (TPSA) is 107 Å². The van der Waals surface area contributed by atoms with Crippen LogP contribution in [0.3, 0.4) is 0 Å². The van der Waals surface area contributed by atoms with Crippen LogP contribution in [0.15, 0.2) is 24.3 Å². The van der Waals surface area contributed by atoms with Crippen molar-refractivity contribution in [3.8, 4) is 11.3 Å². The zero-order chi connectivity index (χ0) is 15.6. The van der Waals surface area contributed by atoms with Crippen molar-refractivity contribution in [3.63, 3.8) is 0 Å². The molecule has 0 aliphatic carbocycles. The Hall–Kier alpha value is -2.54. The van der Waals surface area contributed by atoms with Crippen LogP contribution in [0.4, 0.5) is 5.69 Å². The molecule has 0 saturated carbocycles. The number of nitrogens with one attached hydrogen (secondary N) is 1. The maximum atomic E-state index is 11.6. The van der Waals surface area contributed by atoms with Crippen molar-refractivity contribution in [2.75, 3.05) is 5.32 Å². The van der Waals surface area contributed by atoms with Crippen LogP contribution in [0, 0.1) is 13.8 Å². The molecule has 2 rings (SSSR count). The molecule has 0 bridgehead atoms. The highest BCUT2D eigenvalue weighted by Gasteiger charge is 2.13. The van der Waals surface area contributed by atoms with Crippen LogP contribution in [0.2, 0.25) is 0 Å². The molecule has 0 spiro atoms. The van der Waals surface area contributed by atoms with E-state index in [2.05, 4.69) is 15.3 Å². The average Bonchev–Trinajstić information content (AvgIpc) is 2.36. The molecule has 5 N–H and O–H groups in total. The Morgan fingerprint density at radius 2 is 1.90 bits per heavy atom. The number of thiocarbonyl (C=S) groups is 1. The number of hydrogen-bond acceptors (Lipinski definition) is 4. The van der Waals surface area contributed by atoms with Crippen molar-refractivity contribution in [2.24, 2.45) is 11.5 Å². The molecular weight excluding hydrogens is 286 g/mol. The molecule has 0 atom stereocenters. The zero-order valence-electron chi connectivity index (χ0n) is 11.7. The highest BCUT2D eigenvalue weighted by molar-refractivity contribution is 7.80. The summed E-state index contributed by atoms with van der Waals surface area (Å²) in [6, 6.07) is 6.83. The number of nitrogens with zero attached hydrogens (tertiary/aromatic N) is 2. The van der Waals surface area contributed by atoms with Gasteiger partial charge in [0.15, 0.2) is 5.11 Å². The lowest BCUT2D eigenvalue weighted by Gasteiger charge is -2.11. The molecule has 7 heteroatoms. The first kappa shape index (κ1) is 14.9. The minimum absolute atomic E-state index is 0.142. The minimum atomic E-state index is -0.527. The van der Waals surface area contributed by atoms with Gasteiger partial charge in [-0.15, -0.1) is 0 Å². The van der Waals surface area contributed by atoms with E-state index in [0.29, 0.717) is 28.3 Å². The number of benzene rings is 1. The molecule has 0 aliphatic heterocycles. The quantitative estimate of drug-likeness (QED) is 0.742. The van der Waals surface area contributed by atoms with Gasteiger partial charge in [-0.25, -0.2) is 9.97 Å². The van der Waals surface area contributed by atoms with Crippen molar-refractivity contribution in [1.29, 1.82) is 0 Å². The van der Waals surface area contributed by atoms with Crippen LogP contribution in [0.25, 0.3) is 11.3 Å². The van der Waals surface area contributed by atoms with E-state index in [1.54, 1.807) is 31.2 Å². The third-order valence-corrected chi connectivity index (χ3v) is 2.90. The number of aromatic nitrogens is 2. The molecular formula is C14H15N5OS. The first-order chi connectivity index (χ1) is 9.86. The summed E-state index contributed by atoms with van der Waals surface area (Å²) in [6.07, 6.45) is 0. The number of amides is 1. The molecule has 1 amide bonds. The van der Waals surface area contributed by atoms with Gasteiger partial charge in [0, 0.05) is 22.5 Å². The first-order valence-corrected chi connectivity index (χ1v) is 6.60. The molecule has 0 fully saturated rings. The van der Waals surface area contributed by atoms with E-state index in [1.807, 2.05) is 6.92 Å². The highest BCUT2D eigenvalue weighted by atomic mass is 32.1. The Morgan fingerprint density at radius 1 is 1.19 bits per heavy atom. The minimum Gasteiger partial charge on any atom is -0.376 e. The third-order valence-electron chi connectivity index (χ3n) is 2.79. The van der Waals surface area contributed by atoms with Gasteiger partial charge in [0.1, 0.15) is 5.82 Å². The molecule has 108 valence electrons. The normalized spacial score (nSPS) is 10.2. The number of hydrogen-bond donors (Lipinski definition) is 3. The summed E-state index contributed by atoms with van der Waals surface area (Å²) >= 11 is 4.81. The summed E-state index contributed by atoms with van der Waals surface area (Å²) in [7, 11) is 0. The predicted octanol–water partition coefficient (Wildman–Crippen LogP) is 1.51. The van der Waals surface area contributed by atoms with Gasteiger partial charge in [-0.3, -0.25) is 4.79 Å². The van der Waals surface area contributed by atoms with Gasteiger partial charge in [0.05, 0.1) is 5.69 Å². The molecule has 0 unspecified atom stereocenters. The predicted molar refractivity (Wildman–Crippen MR) is 85.9 cm³/mol. The Kier molecular flexibility index (Phi) is 4.13. The second kappa shape index (κ2) is 5.84. The van der Waals surface area contributed by atoms with Gasteiger partial charge in [0.2, 0.25) is 5.91 Å². The van der Waals surface area contributed by atoms with Crippen LogP contribution in [0.1, 0.15) is 21.9 Å². The van der Waals surface area contributed by atoms with Crippen molar-refractivity contribution < 1.29 is 4.79 Å². The molecule has 21 heavy (non-hydrogen) atoms. The molecule has 1 heterocycles. The Bertz CT molecular complexity index is 709. The van der Waals surface area contributed by atoms with E-state index in [1.165, 1.54) is 0 Å². The van der Waals surface area contributed by atoms with E-state index in [-0.39, 0.29) is 5.11 Å². The largest absolute Gasteiger partial charge is 0.376 e. The fourth-order valence-electron chi connectivity index (χ4n) is 2.05. The summed E-state index contributed by atoms with van der Waals surface area (Å²) < 4.78 is 0. The smallest absolute Gasteiger partial charge is 0.249 e. The van der Waals surface area contributed by atoms with Crippen molar-refractivity contribution in [3.05, 3.63) is 41.3 Å². The number of rotatable bonds is 3. The molecule has 6 nitrogen and oxygen atoms in total. The average molecular weight is 301 g/mol. The van der Waals surface area contributed by atoms with Crippen molar-refractivity contribution in [2.45, 2.75) is 13.8 Å². The lowest BCUT2D eigenvalue weighted by Crippen LogP contribution is -2.19. The number of carbonyl (C=O) groups is 1. The Balaban J connectivity index is 2.62. The van der Waals surface area contributed by atoms with Crippen LogP contribution in [-0.4, -0.2) is 21.0 Å². The summed E-state index contributed by atoms with van der Waals surface area (Å²) in [5.41, 5.74) is 14.0. The Morgan fingerprint density at radius 3 is 2.48 bits per heavy atom. The molecule has 0 radical (unpaired) electrons. The van der Waals surface area contributed by atoms with E-state index in [0.717, 1.165) is 5.69 Å². The molecule has 2 aromatic rings. The third kappa shape index (κ3) is 3.51. The number of anilines is 1. The summed E-state index contributed by atoms with van der Waals surface area (Å²) in [4.78, 5) is 20.2. The van der Waals surface area contributed by atoms with Crippen LogP contribution >= 0.6 is 12.2 Å². The second-order valence-electron chi connectivity index (χ2n) is 4.56. The molecule has 0 saturated heterocycles. The molecule has 1 aromatic carbocycles. The second-order valence-corrected chi connectivity index (χ2v) is 5.00. The van der Waals surface area contributed by atoms with Crippen molar-refractivity contribution >= 4 is 28.9 Å². The van der Waals surface area contributed by atoms with Crippen LogP contribution < -0.4 is 16.8 Å². The zero-order valence-corrected chi connectivity index (χ0v) is 12.5. The summed E-state index contributed by atoms with van der Waals surface area (Å²) in [5, 5.41) is 2.97.